The van der Waals surface area contributed by atoms with Crippen LogP contribution in [-0.4, -0.2) is 19.0 Å². The molecule has 0 aromatic carbocycles. The van der Waals surface area contributed by atoms with Gasteiger partial charge in [-0.3, -0.25) is 4.79 Å². The fraction of sp³-hybridized carbons (Fsp3) is 0.545. The lowest BCUT2D eigenvalue weighted by Crippen LogP contribution is -2.40. The number of carbonyl (C=O) groups is 1. The van der Waals surface area contributed by atoms with Crippen molar-refractivity contribution < 1.29 is 4.79 Å². The molecule has 1 unspecified atom stereocenters. The average Bonchev–Trinajstić information content (AvgIpc) is 2.73. The van der Waals surface area contributed by atoms with Crippen molar-refractivity contribution in [1.82, 2.24) is 10.6 Å². The molecule has 0 saturated carbocycles. The third-order valence-corrected chi connectivity index (χ3v) is 3.96. The lowest BCUT2D eigenvalue weighted by molar-refractivity contribution is -0.125. The summed E-state index contributed by atoms with van der Waals surface area (Å²) in [6.07, 6.45) is 2.08. The van der Waals surface area contributed by atoms with E-state index in [0.29, 0.717) is 6.54 Å². The van der Waals surface area contributed by atoms with Gasteiger partial charge in [0.15, 0.2) is 0 Å². The second-order valence-corrected chi connectivity index (χ2v) is 5.77. The monoisotopic (exact) mass is 258 g/mol. The van der Waals surface area contributed by atoms with Crippen molar-refractivity contribution in [2.45, 2.75) is 19.4 Å². The molecule has 0 spiro atoms. The molecule has 1 atom stereocenters. The van der Waals surface area contributed by atoms with E-state index in [0.717, 1.165) is 35.1 Å². The van der Waals surface area contributed by atoms with E-state index in [2.05, 4.69) is 10.6 Å². The van der Waals surface area contributed by atoms with E-state index in [1.807, 2.05) is 12.1 Å². The summed E-state index contributed by atoms with van der Waals surface area (Å²) in [7, 11) is 0. The third-order valence-electron chi connectivity index (χ3n) is 2.73. The van der Waals surface area contributed by atoms with Crippen LogP contribution in [0.15, 0.2) is 12.1 Å². The third kappa shape index (κ3) is 3.20. The molecule has 1 aliphatic heterocycles. The first-order valence-electron chi connectivity index (χ1n) is 5.48. The van der Waals surface area contributed by atoms with Gasteiger partial charge in [-0.05, 0) is 31.5 Å². The van der Waals surface area contributed by atoms with Crippen molar-refractivity contribution in [2.75, 3.05) is 13.1 Å². The molecule has 1 amide bonds. The number of halogens is 1. The molecule has 1 aromatic rings. The maximum absolute atomic E-state index is 11.8. The number of carbonyl (C=O) groups excluding carboxylic acids is 1. The number of rotatable bonds is 3. The second-order valence-electron chi connectivity index (χ2n) is 3.97. The lowest BCUT2D eigenvalue weighted by Gasteiger charge is -2.21. The van der Waals surface area contributed by atoms with E-state index in [9.17, 15) is 4.79 Å². The number of amides is 1. The predicted octanol–water partition coefficient (Wildman–Crippen LogP) is 2.02. The van der Waals surface area contributed by atoms with Gasteiger partial charge in [0.1, 0.15) is 0 Å². The molecule has 2 rings (SSSR count). The van der Waals surface area contributed by atoms with Crippen molar-refractivity contribution >= 4 is 28.8 Å². The molecule has 0 aliphatic carbocycles. The molecule has 2 N–H and O–H groups in total. The quantitative estimate of drug-likeness (QED) is 0.871. The SMILES string of the molecule is O=C(NCc1ccc(Cl)s1)C1CCCNC1. The Hall–Kier alpha value is -0.580. The zero-order chi connectivity index (χ0) is 11.4. The van der Waals surface area contributed by atoms with Gasteiger partial charge in [0.25, 0.3) is 0 Å². The van der Waals surface area contributed by atoms with Crippen LogP contribution in [0, 0.1) is 5.92 Å². The smallest absolute Gasteiger partial charge is 0.224 e. The van der Waals surface area contributed by atoms with E-state index in [4.69, 9.17) is 11.6 Å². The minimum absolute atomic E-state index is 0.129. The molecule has 0 radical (unpaired) electrons. The number of piperidine rings is 1. The van der Waals surface area contributed by atoms with Gasteiger partial charge in [0, 0.05) is 11.4 Å². The van der Waals surface area contributed by atoms with Crippen molar-refractivity contribution in [3.8, 4) is 0 Å². The number of thiophene rings is 1. The number of nitrogens with one attached hydrogen (secondary N) is 2. The Morgan fingerprint density at radius 2 is 2.50 bits per heavy atom. The molecule has 1 aliphatic rings. The Kier molecular flexibility index (Phi) is 4.21. The van der Waals surface area contributed by atoms with Crippen LogP contribution in [0.5, 0.6) is 0 Å². The second kappa shape index (κ2) is 5.66. The Bertz CT molecular complexity index is 361. The molecule has 5 heteroatoms. The van der Waals surface area contributed by atoms with Crippen molar-refractivity contribution in [1.29, 1.82) is 0 Å². The maximum atomic E-state index is 11.8. The largest absolute Gasteiger partial charge is 0.351 e. The van der Waals surface area contributed by atoms with Crippen LogP contribution in [0.4, 0.5) is 0 Å². The van der Waals surface area contributed by atoms with Crippen molar-refractivity contribution in [2.24, 2.45) is 5.92 Å². The Labute approximate surface area is 104 Å². The minimum atomic E-state index is 0.129. The van der Waals surface area contributed by atoms with Gasteiger partial charge in [-0.2, -0.15) is 0 Å². The highest BCUT2D eigenvalue weighted by Crippen LogP contribution is 2.21. The molecule has 1 saturated heterocycles. The molecular formula is C11H15ClN2OS. The summed E-state index contributed by atoms with van der Waals surface area (Å²) < 4.78 is 0.767. The topological polar surface area (TPSA) is 41.1 Å². The summed E-state index contributed by atoms with van der Waals surface area (Å²) in [6, 6.07) is 3.81. The van der Waals surface area contributed by atoms with Gasteiger partial charge in [-0.25, -0.2) is 0 Å². The lowest BCUT2D eigenvalue weighted by atomic mass is 9.99. The van der Waals surface area contributed by atoms with Crippen LogP contribution in [0.2, 0.25) is 4.34 Å². The standard InChI is InChI=1S/C11H15ClN2OS/c12-10-4-3-9(16-10)7-14-11(15)8-2-1-5-13-6-8/h3-4,8,13H,1-2,5-7H2,(H,14,15). The first kappa shape index (κ1) is 11.9. The van der Waals surface area contributed by atoms with Crippen LogP contribution < -0.4 is 10.6 Å². The highest BCUT2D eigenvalue weighted by molar-refractivity contribution is 7.16. The number of hydrogen-bond donors (Lipinski definition) is 2. The molecular weight excluding hydrogens is 244 g/mol. The Morgan fingerprint density at radius 3 is 3.12 bits per heavy atom. The zero-order valence-electron chi connectivity index (χ0n) is 8.96. The van der Waals surface area contributed by atoms with E-state index in [1.54, 1.807) is 0 Å². The molecule has 3 nitrogen and oxygen atoms in total. The van der Waals surface area contributed by atoms with Crippen molar-refractivity contribution in [3.63, 3.8) is 0 Å². The fourth-order valence-corrected chi connectivity index (χ4v) is 2.87. The van der Waals surface area contributed by atoms with Crippen LogP contribution in [-0.2, 0) is 11.3 Å². The molecule has 16 heavy (non-hydrogen) atoms. The average molecular weight is 259 g/mol. The molecule has 0 bridgehead atoms. The Balaban J connectivity index is 1.78. The Morgan fingerprint density at radius 1 is 1.62 bits per heavy atom. The zero-order valence-corrected chi connectivity index (χ0v) is 10.5. The maximum Gasteiger partial charge on any atom is 0.224 e. The first-order valence-corrected chi connectivity index (χ1v) is 6.68. The first-order chi connectivity index (χ1) is 7.75. The fourth-order valence-electron chi connectivity index (χ4n) is 1.84. The summed E-state index contributed by atoms with van der Waals surface area (Å²) in [5.74, 6) is 0.279. The van der Waals surface area contributed by atoms with Gasteiger partial charge in [-0.15, -0.1) is 11.3 Å². The predicted molar refractivity (Wildman–Crippen MR) is 66.8 cm³/mol. The summed E-state index contributed by atoms with van der Waals surface area (Å²) in [5, 5.41) is 6.19. The molecule has 2 heterocycles. The van der Waals surface area contributed by atoms with E-state index in [-0.39, 0.29) is 11.8 Å². The summed E-state index contributed by atoms with van der Waals surface area (Å²) >= 11 is 7.33. The van der Waals surface area contributed by atoms with Crippen LogP contribution in [0.3, 0.4) is 0 Å². The van der Waals surface area contributed by atoms with Gasteiger partial charge in [-0.1, -0.05) is 11.6 Å². The molecule has 1 aromatic heterocycles. The van der Waals surface area contributed by atoms with E-state index in [1.165, 1.54) is 11.3 Å². The van der Waals surface area contributed by atoms with Crippen LogP contribution >= 0.6 is 22.9 Å². The number of hydrogen-bond acceptors (Lipinski definition) is 3. The molecule has 88 valence electrons. The molecule has 1 fully saturated rings. The van der Waals surface area contributed by atoms with Gasteiger partial charge in [0.2, 0.25) is 5.91 Å². The van der Waals surface area contributed by atoms with Crippen LogP contribution in [0.25, 0.3) is 0 Å². The highest BCUT2D eigenvalue weighted by Gasteiger charge is 2.20. The summed E-state index contributed by atoms with van der Waals surface area (Å²) in [6.45, 7) is 2.42. The van der Waals surface area contributed by atoms with Gasteiger partial charge < -0.3 is 10.6 Å². The van der Waals surface area contributed by atoms with Gasteiger partial charge >= 0.3 is 0 Å². The normalized spacial score (nSPS) is 20.7. The summed E-state index contributed by atoms with van der Waals surface area (Å²) in [4.78, 5) is 12.9. The summed E-state index contributed by atoms with van der Waals surface area (Å²) in [5.41, 5.74) is 0. The van der Waals surface area contributed by atoms with E-state index >= 15 is 0 Å². The van der Waals surface area contributed by atoms with Crippen molar-refractivity contribution in [3.05, 3.63) is 21.3 Å². The van der Waals surface area contributed by atoms with E-state index < -0.39 is 0 Å². The minimum Gasteiger partial charge on any atom is -0.351 e. The van der Waals surface area contributed by atoms with Crippen LogP contribution in [0.1, 0.15) is 17.7 Å². The highest BCUT2D eigenvalue weighted by atomic mass is 35.5. The van der Waals surface area contributed by atoms with Gasteiger partial charge in [0.05, 0.1) is 16.8 Å².